The van der Waals surface area contributed by atoms with Crippen LogP contribution in [0, 0.1) is 5.92 Å². The van der Waals surface area contributed by atoms with E-state index >= 15 is 0 Å². The molecular weight excluding hydrogens is 356 g/mol. The van der Waals surface area contributed by atoms with Crippen LogP contribution in [0.4, 0.5) is 20.3 Å². The van der Waals surface area contributed by atoms with Crippen LogP contribution in [0.2, 0.25) is 0 Å². The average Bonchev–Trinajstić information content (AvgIpc) is 2.62. The number of nitrogens with zero attached hydrogens (tertiary/aromatic N) is 1. The van der Waals surface area contributed by atoms with E-state index in [4.69, 9.17) is 16.2 Å². The van der Waals surface area contributed by atoms with Crippen molar-refractivity contribution in [3.8, 4) is 5.88 Å². The molecule has 8 heteroatoms. The van der Waals surface area contributed by atoms with Crippen molar-refractivity contribution in [2.45, 2.75) is 65.4 Å². The molecule has 0 spiro atoms. The van der Waals surface area contributed by atoms with Gasteiger partial charge >= 0.3 is 6.61 Å². The van der Waals surface area contributed by atoms with Crippen LogP contribution in [0.3, 0.4) is 0 Å². The molecule has 1 saturated carbocycles. The molecule has 1 aliphatic rings. The first kappa shape index (κ1) is 23.1. The number of anilines is 2. The molecule has 0 aromatic carbocycles. The van der Waals surface area contributed by atoms with Crippen molar-refractivity contribution in [3.63, 3.8) is 0 Å². The average molecular weight is 387 g/mol. The SMILES string of the molecule is CC(=O)c1cc(N)c(N)nc1OCCOC(F)F.CCCC1CCCCC1. The van der Waals surface area contributed by atoms with Crippen molar-refractivity contribution in [2.24, 2.45) is 5.92 Å². The van der Waals surface area contributed by atoms with E-state index in [9.17, 15) is 13.6 Å². The summed E-state index contributed by atoms with van der Waals surface area (Å²) in [6.07, 6.45) is 10.4. The number of pyridine rings is 1. The molecule has 0 saturated heterocycles. The minimum atomic E-state index is -2.87. The predicted octanol–water partition coefficient (Wildman–Crippen LogP) is 4.43. The summed E-state index contributed by atoms with van der Waals surface area (Å²) in [5.74, 6) is 0.736. The molecule has 1 aliphatic carbocycles. The van der Waals surface area contributed by atoms with Gasteiger partial charge in [0.25, 0.3) is 0 Å². The van der Waals surface area contributed by atoms with Gasteiger partial charge in [0.2, 0.25) is 5.88 Å². The number of hydrogen-bond donors (Lipinski definition) is 2. The molecule has 154 valence electrons. The number of halogens is 2. The van der Waals surface area contributed by atoms with Crippen LogP contribution in [0.15, 0.2) is 6.07 Å². The van der Waals surface area contributed by atoms with E-state index in [2.05, 4.69) is 16.6 Å². The third-order valence-electron chi connectivity index (χ3n) is 4.41. The second-order valence-corrected chi connectivity index (χ2v) is 6.64. The van der Waals surface area contributed by atoms with E-state index in [1.54, 1.807) is 0 Å². The number of aromatic nitrogens is 1. The summed E-state index contributed by atoms with van der Waals surface area (Å²) in [5.41, 5.74) is 11.3. The molecule has 1 heterocycles. The van der Waals surface area contributed by atoms with E-state index in [1.165, 1.54) is 57.9 Å². The van der Waals surface area contributed by atoms with Gasteiger partial charge in [-0.1, -0.05) is 51.9 Å². The van der Waals surface area contributed by atoms with Crippen molar-refractivity contribution in [1.29, 1.82) is 0 Å². The van der Waals surface area contributed by atoms with E-state index < -0.39 is 6.61 Å². The van der Waals surface area contributed by atoms with Crippen LogP contribution in [0.5, 0.6) is 5.88 Å². The van der Waals surface area contributed by atoms with Crippen LogP contribution < -0.4 is 16.2 Å². The van der Waals surface area contributed by atoms with E-state index in [0.717, 1.165) is 5.92 Å². The van der Waals surface area contributed by atoms with Gasteiger partial charge in [0.15, 0.2) is 11.6 Å². The van der Waals surface area contributed by atoms with Gasteiger partial charge in [0.05, 0.1) is 17.9 Å². The Morgan fingerprint density at radius 2 is 1.93 bits per heavy atom. The van der Waals surface area contributed by atoms with Crippen molar-refractivity contribution in [1.82, 2.24) is 4.98 Å². The van der Waals surface area contributed by atoms with E-state index in [1.807, 2.05) is 0 Å². The lowest BCUT2D eigenvalue weighted by Gasteiger charge is -2.20. The quantitative estimate of drug-likeness (QED) is 0.505. The minimum Gasteiger partial charge on any atom is -0.475 e. The second-order valence-electron chi connectivity index (χ2n) is 6.64. The maximum Gasteiger partial charge on any atom is 0.345 e. The van der Waals surface area contributed by atoms with Crippen molar-refractivity contribution in [2.75, 3.05) is 24.7 Å². The van der Waals surface area contributed by atoms with Crippen LogP contribution in [0.1, 0.15) is 69.2 Å². The molecule has 0 atom stereocenters. The summed E-state index contributed by atoms with van der Waals surface area (Å²) in [6.45, 7) is 0.219. The lowest BCUT2D eigenvalue weighted by molar-refractivity contribution is -0.133. The molecule has 0 aliphatic heterocycles. The highest BCUT2D eigenvalue weighted by Gasteiger charge is 2.14. The zero-order chi connectivity index (χ0) is 20.2. The Kier molecular flexibility index (Phi) is 10.6. The highest BCUT2D eigenvalue weighted by molar-refractivity contribution is 5.97. The second kappa shape index (κ2) is 12.4. The van der Waals surface area contributed by atoms with Crippen LogP contribution >= 0.6 is 0 Å². The summed E-state index contributed by atoms with van der Waals surface area (Å²) < 4.78 is 32.5. The van der Waals surface area contributed by atoms with Crippen molar-refractivity contribution in [3.05, 3.63) is 11.6 Å². The number of carbonyl (C=O) groups excluding carboxylic acids is 1. The Bertz CT molecular complexity index is 577. The molecule has 2 rings (SSSR count). The van der Waals surface area contributed by atoms with E-state index in [-0.39, 0.29) is 41.9 Å². The van der Waals surface area contributed by atoms with Gasteiger partial charge < -0.3 is 20.9 Å². The fourth-order valence-corrected chi connectivity index (χ4v) is 3.05. The number of ether oxygens (including phenoxy) is 2. The molecule has 6 nitrogen and oxygen atoms in total. The fourth-order valence-electron chi connectivity index (χ4n) is 3.05. The lowest BCUT2D eigenvalue weighted by Crippen LogP contribution is -2.13. The number of hydrogen-bond acceptors (Lipinski definition) is 6. The van der Waals surface area contributed by atoms with Gasteiger partial charge in [-0.3, -0.25) is 4.79 Å². The van der Waals surface area contributed by atoms with Crippen molar-refractivity contribution < 1.29 is 23.0 Å². The topological polar surface area (TPSA) is 100 Å². The lowest BCUT2D eigenvalue weighted by atomic mass is 9.86. The van der Waals surface area contributed by atoms with Crippen LogP contribution in [-0.2, 0) is 4.74 Å². The number of alkyl halides is 2. The third-order valence-corrected chi connectivity index (χ3v) is 4.41. The number of Topliss-reactive ketones (excluding diaryl/α,β-unsaturated/α-hetero) is 1. The maximum atomic E-state index is 11.7. The molecule has 1 aromatic rings. The number of rotatable bonds is 8. The number of carbonyl (C=O) groups is 1. The zero-order valence-electron chi connectivity index (χ0n) is 16.2. The Morgan fingerprint density at radius 3 is 2.48 bits per heavy atom. The first-order chi connectivity index (χ1) is 12.8. The fraction of sp³-hybridized carbons (Fsp3) is 0.684. The standard InChI is InChI=1S/C10H13F2N3O3.C9H18/c1-5(16)6-4-7(13)8(14)15-9(6)17-2-3-18-10(11)12;1-2-6-9-7-4-3-5-8-9/h4,10H,2-3,13H2,1H3,(H2,14,15);9H,2-8H2,1H3. The van der Waals surface area contributed by atoms with Crippen LogP contribution in [-0.4, -0.2) is 30.6 Å². The van der Waals surface area contributed by atoms with Gasteiger partial charge in [0, 0.05) is 0 Å². The molecule has 0 amide bonds. The molecule has 1 aromatic heterocycles. The smallest absolute Gasteiger partial charge is 0.345 e. The summed E-state index contributed by atoms with van der Waals surface area (Å²) in [4.78, 5) is 15.1. The van der Waals surface area contributed by atoms with Crippen LogP contribution in [0.25, 0.3) is 0 Å². The normalized spacial score (nSPS) is 14.6. The maximum absolute atomic E-state index is 11.7. The molecule has 27 heavy (non-hydrogen) atoms. The number of ketones is 1. The molecule has 4 N–H and O–H groups in total. The largest absolute Gasteiger partial charge is 0.475 e. The van der Waals surface area contributed by atoms with Gasteiger partial charge in [-0.15, -0.1) is 0 Å². The first-order valence-corrected chi connectivity index (χ1v) is 9.44. The molecular formula is C19H31F2N3O3. The van der Waals surface area contributed by atoms with Gasteiger partial charge in [0.1, 0.15) is 6.61 Å². The van der Waals surface area contributed by atoms with E-state index in [0.29, 0.717) is 0 Å². The summed E-state index contributed by atoms with van der Waals surface area (Å²) >= 11 is 0. The summed E-state index contributed by atoms with van der Waals surface area (Å²) in [6, 6.07) is 1.33. The number of nitrogen functional groups attached to an aromatic ring is 2. The van der Waals surface area contributed by atoms with Crippen molar-refractivity contribution >= 4 is 17.3 Å². The Morgan fingerprint density at radius 1 is 1.26 bits per heavy atom. The number of nitrogens with two attached hydrogens (primary N) is 2. The zero-order valence-corrected chi connectivity index (χ0v) is 16.2. The minimum absolute atomic E-state index is 0.00442. The van der Waals surface area contributed by atoms with Gasteiger partial charge in [-0.2, -0.15) is 13.8 Å². The monoisotopic (exact) mass is 387 g/mol. The Hall–Kier alpha value is -1.96. The van der Waals surface area contributed by atoms with Gasteiger partial charge in [-0.25, -0.2) is 0 Å². The Balaban J connectivity index is 0.000000337. The summed E-state index contributed by atoms with van der Waals surface area (Å²) in [5, 5.41) is 0. The van der Waals surface area contributed by atoms with Gasteiger partial charge in [-0.05, 0) is 18.9 Å². The predicted molar refractivity (Wildman–Crippen MR) is 102 cm³/mol. The highest BCUT2D eigenvalue weighted by Crippen LogP contribution is 2.27. The molecule has 0 unspecified atom stereocenters. The summed E-state index contributed by atoms with van der Waals surface area (Å²) in [7, 11) is 0. The molecule has 0 radical (unpaired) electrons. The third kappa shape index (κ3) is 8.99. The highest BCUT2D eigenvalue weighted by atomic mass is 19.3. The Labute approximate surface area is 159 Å². The molecule has 0 bridgehead atoms. The first-order valence-electron chi connectivity index (χ1n) is 9.44. The molecule has 1 fully saturated rings.